The summed E-state index contributed by atoms with van der Waals surface area (Å²) >= 11 is 0. The van der Waals surface area contributed by atoms with Crippen LogP contribution < -0.4 is 5.32 Å². The van der Waals surface area contributed by atoms with E-state index in [9.17, 15) is 4.79 Å². The summed E-state index contributed by atoms with van der Waals surface area (Å²) < 4.78 is 5.25. The fraction of sp³-hybridized carbons (Fsp3) is 0.500. The molecular weight excluding hydrogens is 230 g/mol. The van der Waals surface area contributed by atoms with Crippen molar-refractivity contribution in [3.63, 3.8) is 0 Å². The van der Waals surface area contributed by atoms with Crippen LogP contribution in [0.5, 0.6) is 0 Å². The van der Waals surface area contributed by atoms with Gasteiger partial charge in [-0.15, -0.1) is 0 Å². The van der Waals surface area contributed by atoms with Gasteiger partial charge in [0.1, 0.15) is 0 Å². The first-order valence-electron chi connectivity index (χ1n) is 6.21. The van der Waals surface area contributed by atoms with E-state index in [1.165, 1.54) is 7.11 Å². The molecule has 0 aliphatic carbocycles. The van der Waals surface area contributed by atoms with Gasteiger partial charge in [-0.25, -0.2) is 0 Å². The summed E-state index contributed by atoms with van der Waals surface area (Å²) in [6.45, 7) is 2.05. The third-order valence-electron chi connectivity index (χ3n) is 2.89. The Bertz CT molecular complexity index is 353. The Labute approximate surface area is 108 Å². The second-order valence-corrected chi connectivity index (χ2v) is 4.15. The van der Waals surface area contributed by atoms with Crippen molar-refractivity contribution in [3.05, 3.63) is 35.9 Å². The highest BCUT2D eigenvalue weighted by Gasteiger charge is 2.21. The van der Waals surface area contributed by atoms with E-state index >= 15 is 0 Å². The molecule has 4 heteroatoms. The largest absolute Gasteiger partial charge is 0.396 e. The average molecular weight is 251 g/mol. The van der Waals surface area contributed by atoms with Crippen LogP contribution in [-0.2, 0) is 9.53 Å². The topological polar surface area (TPSA) is 58.6 Å². The Morgan fingerprint density at radius 1 is 1.39 bits per heavy atom. The summed E-state index contributed by atoms with van der Waals surface area (Å²) in [6.07, 6.45) is 0.754. The first-order valence-corrected chi connectivity index (χ1v) is 6.21. The van der Waals surface area contributed by atoms with E-state index < -0.39 is 6.10 Å². The Hall–Kier alpha value is -1.39. The highest BCUT2D eigenvalue weighted by atomic mass is 16.5. The molecule has 0 saturated carbocycles. The van der Waals surface area contributed by atoms with Gasteiger partial charge >= 0.3 is 0 Å². The number of hydrogen-bond acceptors (Lipinski definition) is 3. The fourth-order valence-corrected chi connectivity index (χ4v) is 1.83. The van der Waals surface area contributed by atoms with Gasteiger partial charge in [0.25, 0.3) is 5.91 Å². The summed E-state index contributed by atoms with van der Waals surface area (Å²) in [6, 6.07) is 9.36. The zero-order valence-electron chi connectivity index (χ0n) is 10.9. The predicted octanol–water partition coefficient (Wildman–Crippen LogP) is 1.65. The lowest BCUT2D eigenvalue weighted by atomic mass is 10.1. The maximum absolute atomic E-state index is 12.1. The van der Waals surface area contributed by atoms with Gasteiger partial charge in [-0.3, -0.25) is 4.79 Å². The quantitative estimate of drug-likeness (QED) is 0.774. The lowest BCUT2D eigenvalue weighted by molar-refractivity contribution is -0.132. The van der Waals surface area contributed by atoms with Crippen LogP contribution in [0.1, 0.15) is 31.4 Å². The summed E-state index contributed by atoms with van der Waals surface area (Å²) in [4.78, 5) is 12.1. The molecule has 2 N–H and O–H groups in total. The zero-order chi connectivity index (χ0) is 13.4. The van der Waals surface area contributed by atoms with E-state index in [2.05, 4.69) is 5.32 Å². The minimum Gasteiger partial charge on any atom is -0.396 e. The van der Waals surface area contributed by atoms with Crippen LogP contribution >= 0.6 is 0 Å². The number of carbonyl (C=O) groups is 1. The molecule has 2 unspecified atom stereocenters. The Morgan fingerprint density at radius 2 is 2.06 bits per heavy atom. The zero-order valence-corrected chi connectivity index (χ0v) is 10.9. The van der Waals surface area contributed by atoms with Crippen LogP contribution in [0.2, 0.25) is 0 Å². The summed E-state index contributed by atoms with van der Waals surface area (Å²) in [7, 11) is 1.52. The van der Waals surface area contributed by atoms with E-state index in [4.69, 9.17) is 9.84 Å². The molecule has 4 nitrogen and oxygen atoms in total. The van der Waals surface area contributed by atoms with Crippen molar-refractivity contribution in [1.29, 1.82) is 0 Å². The second-order valence-electron chi connectivity index (χ2n) is 4.15. The second kappa shape index (κ2) is 7.84. The molecule has 100 valence electrons. The third-order valence-corrected chi connectivity index (χ3v) is 2.89. The monoisotopic (exact) mass is 251 g/mol. The van der Waals surface area contributed by atoms with Crippen LogP contribution in [-0.4, -0.2) is 30.8 Å². The average Bonchev–Trinajstić information content (AvgIpc) is 2.40. The van der Waals surface area contributed by atoms with Gasteiger partial charge in [0, 0.05) is 19.8 Å². The lowest BCUT2D eigenvalue weighted by Gasteiger charge is -2.20. The normalized spacial score (nSPS) is 13.9. The van der Waals surface area contributed by atoms with E-state index in [0.717, 1.165) is 12.0 Å². The van der Waals surface area contributed by atoms with Gasteiger partial charge in [-0.05, 0) is 18.4 Å². The number of amides is 1. The van der Waals surface area contributed by atoms with Gasteiger partial charge < -0.3 is 15.2 Å². The highest BCUT2D eigenvalue weighted by molar-refractivity contribution is 5.82. The van der Waals surface area contributed by atoms with Crippen LogP contribution in [0.4, 0.5) is 0 Å². The first-order chi connectivity index (χ1) is 8.72. The standard InChI is InChI=1S/C14H21NO3/c1-3-12(9-10-16)15-14(17)13(18-2)11-7-5-4-6-8-11/h4-8,12-13,16H,3,9-10H2,1-2H3,(H,15,17). The Kier molecular flexibility index (Phi) is 6.39. The molecule has 1 amide bonds. The molecule has 1 aromatic rings. The van der Waals surface area contributed by atoms with Crippen molar-refractivity contribution in [1.82, 2.24) is 5.32 Å². The van der Waals surface area contributed by atoms with E-state index in [0.29, 0.717) is 6.42 Å². The van der Waals surface area contributed by atoms with Crippen molar-refractivity contribution in [3.8, 4) is 0 Å². The minimum absolute atomic E-state index is 0.0103. The number of benzene rings is 1. The van der Waals surface area contributed by atoms with Gasteiger partial charge in [0.2, 0.25) is 0 Å². The molecule has 0 bridgehead atoms. The SMILES string of the molecule is CCC(CCO)NC(=O)C(OC)c1ccccc1. The molecular formula is C14H21NO3. The summed E-state index contributed by atoms with van der Waals surface area (Å²) in [5, 5.41) is 11.8. The smallest absolute Gasteiger partial charge is 0.253 e. The Balaban J connectivity index is 2.68. The molecule has 0 aliphatic rings. The predicted molar refractivity (Wildman–Crippen MR) is 70.1 cm³/mol. The minimum atomic E-state index is -0.598. The van der Waals surface area contributed by atoms with Crippen molar-refractivity contribution in [2.24, 2.45) is 0 Å². The number of carbonyl (C=O) groups excluding carboxylic acids is 1. The third kappa shape index (κ3) is 4.13. The maximum Gasteiger partial charge on any atom is 0.253 e. The van der Waals surface area contributed by atoms with E-state index in [1.807, 2.05) is 37.3 Å². The molecule has 1 aromatic carbocycles. The van der Waals surface area contributed by atoms with E-state index in [-0.39, 0.29) is 18.6 Å². The molecule has 0 fully saturated rings. The van der Waals surface area contributed by atoms with Crippen molar-refractivity contribution in [2.45, 2.75) is 31.9 Å². The number of methoxy groups -OCH3 is 1. The summed E-state index contributed by atoms with van der Waals surface area (Å²) in [5.41, 5.74) is 0.830. The van der Waals surface area contributed by atoms with E-state index in [1.54, 1.807) is 0 Å². The molecule has 0 aromatic heterocycles. The number of aliphatic hydroxyl groups excluding tert-OH is 1. The summed E-state index contributed by atoms with van der Waals surface area (Å²) in [5.74, 6) is -0.163. The molecule has 0 aliphatic heterocycles. The van der Waals surface area contributed by atoms with Gasteiger partial charge in [0.15, 0.2) is 6.10 Å². The van der Waals surface area contributed by atoms with Crippen LogP contribution in [0, 0.1) is 0 Å². The van der Waals surface area contributed by atoms with Crippen molar-refractivity contribution in [2.75, 3.05) is 13.7 Å². The number of ether oxygens (including phenoxy) is 1. The van der Waals surface area contributed by atoms with Crippen molar-refractivity contribution >= 4 is 5.91 Å². The lowest BCUT2D eigenvalue weighted by Crippen LogP contribution is -2.38. The number of hydrogen-bond donors (Lipinski definition) is 2. The maximum atomic E-state index is 12.1. The highest BCUT2D eigenvalue weighted by Crippen LogP contribution is 2.16. The van der Waals surface area contributed by atoms with Crippen LogP contribution in [0.3, 0.4) is 0 Å². The molecule has 2 atom stereocenters. The fourth-order valence-electron chi connectivity index (χ4n) is 1.83. The van der Waals surface area contributed by atoms with Gasteiger partial charge in [-0.2, -0.15) is 0 Å². The Morgan fingerprint density at radius 3 is 2.56 bits per heavy atom. The van der Waals surface area contributed by atoms with Crippen LogP contribution in [0.25, 0.3) is 0 Å². The van der Waals surface area contributed by atoms with Crippen LogP contribution in [0.15, 0.2) is 30.3 Å². The molecule has 0 saturated heterocycles. The first kappa shape index (κ1) is 14.7. The van der Waals surface area contributed by atoms with Gasteiger partial charge in [0.05, 0.1) is 0 Å². The number of rotatable bonds is 7. The molecule has 0 radical (unpaired) electrons. The number of nitrogens with one attached hydrogen (secondary N) is 1. The van der Waals surface area contributed by atoms with Crippen molar-refractivity contribution < 1.29 is 14.6 Å². The number of aliphatic hydroxyl groups is 1. The molecule has 0 heterocycles. The van der Waals surface area contributed by atoms with Gasteiger partial charge in [-0.1, -0.05) is 37.3 Å². The molecule has 1 rings (SSSR count). The molecule has 18 heavy (non-hydrogen) atoms. The molecule has 0 spiro atoms.